The van der Waals surface area contributed by atoms with Gasteiger partial charge in [0.15, 0.2) is 0 Å². The van der Waals surface area contributed by atoms with E-state index in [1.54, 1.807) is 31.2 Å². The molecule has 1 fully saturated rings. The van der Waals surface area contributed by atoms with Crippen LogP contribution < -0.4 is 10.6 Å². The van der Waals surface area contributed by atoms with Crippen molar-refractivity contribution in [3.63, 3.8) is 0 Å². The molecule has 2 N–H and O–H groups in total. The van der Waals surface area contributed by atoms with Crippen LogP contribution in [0.5, 0.6) is 0 Å². The second kappa shape index (κ2) is 10.8. The van der Waals surface area contributed by atoms with E-state index in [0.29, 0.717) is 5.69 Å². The zero-order chi connectivity index (χ0) is 23.1. The molecule has 0 bridgehead atoms. The van der Waals surface area contributed by atoms with Crippen molar-refractivity contribution in [2.45, 2.75) is 51.1 Å². The Morgan fingerprint density at radius 1 is 1.00 bits per heavy atom. The fourth-order valence-corrected chi connectivity index (χ4v) is 3.98. The Hall–Kier alpha value is -3.29. The number of amides is 3. The van der Waals surface area contributed by atoms with Gasteiger partial charge in [0.2, 0.25) is 17.7 Å². The summed E-state index contributed by atoms with van der Waals surface area (Å²) in [6.07, 6.45) is 3.28. The first-order valence-electron chi connectivity index (χ1n) is 10.7. The normalized spacial score (nSPS) is 14.6. The molecule has 3 amide bonds. The molecular weight excluding hydrogens is 416 g/mol. The fraction of sp³-hybridized carbons (Fsp3) is 0.375. The van der Waals surface area contributed by atoms with Gasteiger partial charge in [0, 0.05) is 17.8 Å². The summed E-state index contributed by atoms with van der Waals surface area (Å²) in [6, 6.07) is 10.9. The average molecular weight is 443 g/mol. The monoisotopic (exact) mass is 443 g/mol. The molecule has 0 saturated heterocycles. The van der Waals surface area contributed by atoms with Gasteiger partial charge in [0.25, 0.3) is 0 Å². The molecule has 1 saturated carbocycles. The van der Waals surface area contributed by atoms with Crippen molar-refractivity contribution in [1.82, 2.24) is 10.2 Å². The lowest BCUT2D eigenvalue weighted by Gasteiger charge is -2.31. The van der Waals surface area contributed by atoms with E-state index in [-0.39, 0.29) is 36.4 Å². The first-order valence-corrected chi connectivity index (χ1v) is 10.7. The van der Waals surface area contributed by atoms with E-state index in [0.717, 1.165) is 43.9 Å². The maximum absolute atomic E-state index is 13.4. The van der Waals surface area contributed by atoms with E-state index in [2.05, 4.69) is 10.6 Å². The number of benzene rings is 2. The molecule has 170 valence electrons. The van der Waals surface area contributed by atoms with Crippen molar-refractivity contribution in [1.29, 1.82) is 0 Å². The van der Waals surface area contributed by atoms with E-state index in [9.17, 15) is 23.2 Å². The number of rotatable bonds is 8. The van der Waals surface area contributed by atoms with E-state index < -0.39 is 23.6 Å². The van der Waals surface area contributed by atoms with E-state index >= 15 is 0 Å². The second-order valence-electron chi connectivity index (χ2n) is 8.06. The Morgan fingerprint density at radius 2 is 1.62 bits per heavy atom. The van der Waals surface area contributed by atoms with Gasteiger partial charge in [-0.15, -0.1) is 0 Å². The lowest BCUT2D eigenvalue weighted by atomic mass is 10.1. The summed E-state index contributed by atoms with van der Waals surface area (Å²) in [7, 11) is 0. The predicted octanol–water partition coefficient (Wildman–Crippen LogP) is 3.42. The number of halogens is 2. The molecule has 1 aliphatic rings. The molecule has 1 aliphatic carbocycles. The summed E-state index contributed by atoms with van der Waals surface area (Å²) >= 11 is 0. The van der Waals surface area contributed by atoms with E-state index in [1.807, 2.05) is 6.07 Å². The second-order valence-corrected chi connectivity index (χ2v) is 8.06. The molecule has 0 unspecified atom stereocenters. The summed E-state index contributed by atoms with van der Waals surface area (Å²) in [4.78, 5) is 39.6. The minimum atomic E-state index is -0.883. The van der Waals surface area contributed by atoms with Crippen LogP contribution >= 0.6 is 0 Å². The Kier molecular flexibility index (Phi) is 7.92. The highest BCUT2D eigenvalue weighted by molar-refractivity contribution is 5.96. The molecule has 1 atom stereocenters. The summed E-state index contributed by atoms with van der Waals surface area (Å²) in [6.45, 7) is 1.43. The number of para-hydroxylation sites is 1. The molecule has 0 radical (unpaired) electrons. The van der Waals surface area contributed by atoms with Gasteiger partial charge in [-0.25, -0.2) is 8.78 Å². The summed E-state index contributed by atoms with van der Waals surface area (Å²) < 4.78 is 26.7. The van der Waals surface area contributed by atoms with Crippen LogP contribution in [-0.2, 0) is 20.8 Å². The van der Waals surface area contributed by atoms with Crippen LogP contribution in [0.25, 0.3) is 0 Å². The highest BCUT2D eigenvalue weighted by Crippen LogP contribution is 2.24. The van der Waals surface area contributed by atoms with Crippen LogP contribution in [-0.4, -0.2) is 41.2 Å². The molecule has 6 nitrogen and oxygen atoms in total. The standard InChI is InChI=1S/C24H27F2N3O3/c1-16(27-22(30)13-17-11-18(25)14-19(26)12-17)24(32)29(21-9-5-6-10-21)15-23(31)28-20-7-3-2-4-8-20/h2-4,7-8,11-12,14,16,21H,5-6,9-10,13,15H2,1H3,(H,27,30)(H,28,31)/t16-/m0/s1. The minimum absolute atomic E-state index is 0.0688. The molecule has 0 aliphatic heterocycles. The Morgan fingerprint density at radius 3 is 2.25 bits per heavy atom. The maximum atomic E-state index is 13.4. The van der Waals surface area contributed by atoms with E-state index in [1.165, 1.54) is 4.90 Å². The topological polar surface area (TPSA) is 78.5 Å². The molecule has 0 heterocycles. The molecular formula is C24H27F2N3O3. The number of nitrogens with zero attached hydrogens (tertiary/aromatic N) is 1. The molecule has 0 aromatic heterocycles. The van der Waals surface area contributed by atoms with Crippen molar-refractivity contribution < 1.29 is 23.2 Å². The van der Waals surface area contributed by atoms with Crippen LogP contribution in [0.1, 0.15) is 38.2 Å². The van der Waals surface area contributed by atoms with Gasteiger partial charge in [-0.3, -0.25) is 14.4 Å². The van der Waals surface area contributed by atoms with Gasteiger partial charge in [0.05, 0.1) is 6.42 Å². The third kappa shape index (κ3) is 6.60. The number of nitrogens with one attached hydrogen (secondary N) is 2. The first kappa shape index (κ1) is 23.4. The Bertz CT molecular complexity index is 942. The van der Waals surface area contributed by atoms with E-state index in [4.69, 9.17) is 0 Å². The number of hydrogen-bond acceptors (Lipinski definition) is 3. The van der Waals surface area contributed by atoms with Crippen molar-refractivity contribution in [2.24, 2.45) is 0 Å². The van der Waals surface area contributed by atoms with Crippen LogP contribution in [0.2, 0.25) is 0 Å². The lowest BCUT2D eigenvalue weighted by Crippen LogP contribution is -2.52. The average Bonchev–Trinajstić information content (AvgIpc) is 3.26. The Labute approximate surface area is 186 Å². The predicted molar refractivity (Wildman–Crippen MR) is 117 cm³/mol. The molecule has 8 heteroatoms. The van der Waals surface area contributed by atoms with Crippen LogP contribution in [0.4, 0.5) is 14.5 Å². The fourth-order valence-electron chi connectivity index (χ4n) is 3.98. The van der Waals surface area contributed by atoms with Crippen molar-refractivity contribution in [3.05, 3.63) is 65.7 Å². The quantitative estimate of drug-likeness (QED) is 0.656. The number of hydrogen-bond donors (Lipinski definition) is 2. The molecule has 0 spiro atoms. The van der Waals surface area contributed by atoms with Gasteiger partial charge in [0.1, 0.15) is 24.2 Å². The summed E-state index contributed by atoms with van der Waals surface area (Å²) in [5, 5.41) is 5.37. The zero-order valence-corrected chi connectivity index (χ0v) is 17.9. The third-order valence-electron chi connectivity index (χ3n) is 5.45. The van der Waals surface area contributed by atoms with Crippen LogP contribution in [0.3, 0.4) is 0 Å². The van der Waals surface area contributed by atoms with Gasteiger partial charge in [-0.05, 0) is 49.6 Å². The lowest BCUT2D eigenvalue weighted by molar-refractivity contribution is -0.140. The number of carbonyl (C=O) groups is 3. The first-order chi connectivity index (χ1) is 15.3. The van der Waals surface area contributed by atoms with Gasteiger partial charge in [-0.1, -0.05) is 31.0 Å². The van der Waals surface area contributed by atoms with Crippen molar-refractivity contribution in [2.75, 3.05) is 11.9 Å². The Balaban J connectivity index is 1.62. The highest BCUT2D eigenvalue weighted by Gasteiger charge is 2.31. The third-order valence-corrected chi connectivity index (χ3v) is 5.45. The summed E-state index contributed by atoms with van der Waals surface area (Å²) in [5.41, 5.74) is 0.814. The minimum Gasteiger partial charge on any atom is -0.344 e. The number of anilines is 1. The van der Waals surface area contributed by atoms with Crippen molar-refractivity contribution in [3.8, 4) is 0 Å². The van der Waals surface area contributed by atoms with Gasteiger partial charge in [-0.2, -0.15) is 0 Å². The van der Waals surface area contributed by atoms with Crippen molar-refractivity contribution >= 4 is 23.4 Å². The smallest absolute Gasteiger partial charge is 0.245 e. The zero-order valence-electron chi connectivity index (χ0n) is 17.9. The number of carbonyl (C=O) groups excluding carboxylic acids is 3. The summed E-state index contributed by atoms with van der Waals surface area (Å²) in [5.74, 6) is -2.75. The van der Waals surface area contributed by atoms with Gasteiger partial charge >= 0.3 is 0 Å². The maximum Gasteiger partial charge on any atom is 0.245 e. The molecule has 32 heavy (non-hydrogen) atoms. The molecule has 2 aromatic rings. The highest BCUT2D eigenvalue weighted by atomic mass is 19.1. The largest absolute Gasteiger partial charge is 0.344 e. The SMILES string of the molecule is C[C@H](NC(=O)Cc1cc(F)cc(F)c1)C(=O)N(CC(=O)Nc1ccccc1)C1CCCC1. The van der Waals surface area contributed by atoms with Gasteiger partial charge < -0.3 is 15.5 Å². The molecule has 2 aromatic carbocycles. The molecule has 3 rings (SSSR count). The van der Waals surface area contributed by atoms with Crippen LogP contribution in [0.15, 0.2) is 48.5 Å². The van der Waals surface area contributed by atoms with Crippen LogP contribution in [0, 0.1) is 11.6 Å².